The molecule has 0 saturated carbocycles. The first-order chi connectivity index (χ1) is 13.6. The van der Waals surface area contributed by atoms with E-state index in [0.717, 1.165) is 12.0 Å². The predicted octanol–water partition coefficient (Wildman–Crippen LogP) is 6.66. The molecule has 3 aromatic carbocycles. The van der Waals surface area contributed by atoms with Crippen LogP contribution in [0.1, 0.15) is 33.4 Å². The van der Waals surface area contributed by atoms with E-state index >= 15 is 0 Å². The fourth-order valence-electron chi connectivity index (χ4n) is 3.39. The summed E-state index contributed by atoms with van der Waals surface area (Å²) in [6.45, 7) is 7.18. The van der Waals surface area contributed by atoms with E-state index in [4.69, 9.17) is 0 Å². The van der Waals surface area contributed by atoms with Gasteiger partial charge in [0.15, 0.2) is 0 Å². The predicted molar refractivity (Wildman–Crippen MR) is 121 cm³/mol. The summed E-state index contributed by atoms with van der Waals surface area (Å²) in [6.07, 6.45) is 5.11. The van der Waals surface area contributed by atoms with E-state index in [9.17, 15) is 0 Å². The van der Waals surface area contributed by atoms with E-state index in [-0.39, 0.29) is 0 Å². The molecule has 0 saturated heterocycles. The molecule has 0 aliphatic carbocycles. The Morgan fingerprint density at radius 3 is 2.11 bits per heavy atom. The zero-order chi connectivity index (χ0) is 19.8. The Kier molecular flexibility index (Phi) is 6.78. The number of aryl methyl sites for hydroxylation is 3. The van der Waals surface area contributed by atoms with Gasteiger partial charge in [-0.1, -0.05) is 84.4 Å². The lowest BCUT2D eigenvalue weighted by Crippen LogP contribution is -1.97. The molecular weight excluding hydrogens is 338 g/mol. The minimum Gasteiger partial charge on any atom is -0.238 e. The quantitative estimate of drug-likeness (QED) is 0.342. The molecule has 0 N–H and O–H groups in total. The third kappa shape index (κ3) is 5.67. The Hall–Kier alpha value is -3.15. The van der Waals surface area contributed by atoms with Gasteiger partial charge in [-0.2, -0.15) is 0 Å². The van der Waals surface area contributed by atoms with Crippen LogP contribution >= 0.6 is 0 Å². The van der Waals surface area contributed by atoms with Crippen molar-refractivity contribution in [2.75, 3.05) is 0 Å². The maximum Gasteiger partial charge on any atom is 0.0734 e. The van der Waals surface area contributed by atoms with Gasteiger partial charge in [0, 0.05) is 12.0 Å². The van der Waals surface area contributed by atoms with E-state index in [1.165, 1.54) is 33.4 Å². The second kappa shape index (κ2) is 9.69. The van der Waals surface area contributed by atoms with Crippen molar-refractivity contribution in [3.8, 4) is 0 Å². The normalized spacial score (nSPS) is 10.7. The zero-order valence-electron chi connectivity index (χ0n) is 16.9. The summed E-state index contributed by atoms with van der Waals surface area (Å²) in [5, 5.41) is 0. The number of rotatable bonds is 6. The van der Waals surface area contributed by atoms with Gasteiger partial charge in [0.25, 0.3) is 0 Å². The highest BCUT2D eigenvalue weighted by Gasteiger charge is 2.06. The lowest BCUT2D eigenvalue weighted by atomic mass is 9.94. The molecule has 0 aliphatic heterocycles. The van der Waals surface area contributed by atoms with Crippen molar-refractivity contribution in [1.82, 2.24) is 0 Å². The van der Waals surface area contributed by atoms with Crippen LogP contribution in [0, 0.1) is 20.8 Å². The van der Waals surface area contributed by atoms with Crippen LogP contribution in [0.4, 0.5) is 0 Å². The van der Waals surface area contributed by atoms with Gasteiger partial charge in [0.2, 0.25) is 0 Å². The summed E-state index contributed by atoms with van der Waals surface area (Å²) < 4.78 is 0. The summed E-state index contributed by atoms with van der Waals surface area (Å²) in [5.74, 6) is 3.31. The second-order valence-electron chi connectivity index (χ2n) is 7.24. The van der Waals surface area contributed by atoms with Gasteiger partial charge in [-0.15, -0.1) is 0 Å². The first kappa shape index (κ1) is 19.6. The SMILES string of the molecule is Cc1cc(C)c(CC(=C=NCc2ccccc2)/C=C/c2ccccc2)c(C)c1. The number of hydrogen-bond acceptors (Lipinski definition) is 1. The van der Waals surface area contributed by atoms with E-state index in [1.54, 1.807) is 0 Å². The molecular formula is C27H27N. The lowest BCUT2D eigenvalue weighted by molar-refractivity contribution is 1.07. The maximum atomic E-state index is 4.59. The molecule has 3 rings (SSSR count). The highest BCUT2D eigenvalue weighted by atomic mass is 14.7. The Bertz CT molecular complexity index is 982. The molecule has 0 atom stereocenters. The van der Waals surface area contributed by atoms with Gasteiger partial charge in [-0.05, 0) is 60.5 Å². The average Bonchev–Trinajstić information content (AvgIpc) is 2.70. The average molecular weight is 366 g/mol. The maximum absolute atomic E-state index is 4.59. The Balaban J connectivity index is 1.90. The summed E-state index contributed by atoms with van der Waals surface area (Å²) in [5.41, 5.74) is 8.80. The minimum atomic E-state index is 0.648. The fraction of sp³-hybridized carbons (Fsp3) is 0.185. The van der Waals surface area contributed by atoms with Crippen molar-refractivity contribution in [3.05, 3.63) is 118 Å². The first-order valence-corrected chi connectivity index (χ1v) is 9.74. The van der Waals surface area contributed by atoms with Crippen LogP contribution in [-0.4, -0.2) is 5.87 Å². The molecule has 0 amide bonds. The molecule has 0 unspecified atom stereocenters. The van der Waals surface area contributed by atoms with Crippen LogP contribution < -0.4 is 0 Å². The van der Waals surface area contributed by atoms with E-state index < -0.39 is 0 Å². The van der Waals surface area contributed by atoms with Crippen LogP contribution in [0.25, 0.3) is 6.08 Å². The number of aliphatic imine (C=N–C) groups is 1. The number of hydrogen-bond donors (Lipinski definition) is 0. The van der Waals surface area contributed by atoms with Gasteiger partial charge >= 0.3 is 0 Å². The molecule has 0 bridgehead atoms. The Morgan fingerprint density at radius 1 is 0.857 bits per heavy atom. The first-order valence-electron chi connectivity index (χ1n) is 9.74. The van der Waals surface area contributed by atoms with Crippen molar-refractivity contribution in [2.45, 2.75) is 33.7 Å². The minimum absolute atomic E-state index is 0.648. The summed E-state index contributed by atoms with van der Waals surface area (Å²) in [7, 11) is 0. The summed E-state index contributed by atoms with van der Waals surface area (Å²) in [6, 6.07) is 25.2. The molecule has 0 radical (unpaired) electrons. The van der Waals surface area contributed by atoms with Crippen LogP contribution in [0.15, 0.2) is 89.4 Å². The Labute approximate surface area is 168 Å². The van der Waals surface area contributed by atoms with E-state index in [1.807, 2.05) is 24.3 Å². The number of nitrogens with zero attached hydrogens (tertiary/aromatic N) is 1. The zero-order valence-corrected chi connectivity index (χ0v) is 16.9. The molecule has 0 fully saturated rings. The molecule has 1 nitrogen and oxygen atoms in total. The highest BCUT2D eigenvalue weighted by Crippen LogP contribution is 2.20. The third-order valence-corrected chi connectivity index (χ3v) is 4.81. The topological polar surface area (TPSA) is 12.4 Å². The number of benzene rings is 3. The smallest absolute Gasteiger partial charge is 0.0734 e. The standard InChI is InChI=1S/C27H27N/c1-21-16-22(2)27(23(3)17-21)18-26(15-14-24-10-6-4-7-11-24)20-28-19-25-12-8-5-9-13-25/h4-17H,18-19H2,1-3H3/b15-14+. The van der Waals surface area contributed by atoms with E-state index in [0.29, 0.717) is 6.54 Å². The molecule has 3 aromatic rings. The van der Waals surface area contributed by atoms with Crippen LogP contribution in [0.2, 0.25) is 0 Å². The van der Waals surface area contributed by atoms with Crippen molar-refractivity contribution >= 4 is 11.9 Å². The number of allylic oxidation sites excluding steroid dienone is 2. The molecule has 28 heavy (non-hydrogen) atoms. The van der Waals surface area contributed by atoms with E-state index in [2.05, 4.69) is 92.3 Å². The van der Waals surface area contributed by atoms with Crippen LogP contribution in [-0.2, 0) is 13.0 Å². The summed E-state index contributed by atoms with van der Waals surface area (Å²) in [4.78, 5) is 4.59. The van der Waals surface area contributed by atoms with Gasteiger partial charge in [0.05, 0.1) is 6.54 Å². The van der Waals surface area contributed by atoms with Gasteiger partial charge in [-0.25, -0.2) is 4.99 Å². The van der Waals surface area contributed by atoms with Crippen molar-refractivity contribution in [2.24, 2.45) is 4.99 Å². The highest BCUT2D eigenvalue weighted by molar-refractivity contribution is 5.68. The van der Waals surface area contributed by atoms with Crippen LogP contribution in [0.5, 0.6) is 0 Å². The molecule has 0 aromatic heterocycles. The third-order valence-electron chi connectivity index (χ3n) is 4.81. The van der Waals surface area contributed by atoms with Gasteiger partial charge in [0.1, 0.15) is 0 Å². The van der Waals surface area contributed by atoms with Gasteiger partial charge in [-0.3, -0.25) is 0 Å². The van der Waals surface area contributed by atoms with Crippen molar-refractivity contribution in [1.29, 1.82) is 0 Å². The summed E-state index contributed by atoms with van der Waals surface area (Å²) >= 11 is 0. The molecule has 0 heterocycles. The van der Waals surface area contributed by atoms with Gasteiger partial charge < -0.3 is 0 Å². The molecule has 0 aliphatic rings. The molecule has 0 spiro atoms. The second-order valence-corrected chi connectivity index (χ2v) is 7.24. The monoisotopic (exact) mass is 365 g/mol. The van der Waals surface area contributed by atoms with Crippen LogP contribution in [0.3, 0.4) is 0 Å². The fourth-order valence-corrected chi connectivity index (χ4v) is 3.39. The largest absolute Gasteiger partial charge is 0.238 e. The lowest BCUT2D eigenvalue weighted by Gasteiger charge is -2.11. The molecule has 1 heteroatoms. The molecule has 140 valence electrons. The van der Waals surface area contributed by atoms with Crippen molar-refractivity contribution < 1.29 is 0 Å². The Morgan fingerprint density at radius 2 is 1.46 bits per heavy atom. The van der Waals surface area contributed by atoms with Crippen molar-refractivity contribution in [3.63, 3.8) is 0 Å².